The minimum Gasteiger partial charge on any atom is -0.475 e. The summed E-state index contributed by atoms with van der Waals surface area (Å²) >= 11 is 0. The summed E-state index contributed by atoms with van der Waals surface area (Å²) in [5, 5.41) is 12.3. The molecule has 0 aliphatic rings. The molecule has 1 atom stereocenters. The van der Waals surface area contributed by atoms with Gasteiger partial charge in [0.2, 0.25) is 5.76 Å². The molecule has 21 heavy (non-hydrogen) atoms. The Morgan fingerprint density at radius 3 is 2.48 bits per heavy atom. The molecule has 1 aromatic carbocycles. The van der Waals surface area contributed by atoms with Gasteiger partial charge >= 0.3 is 5.97 Å². The molecule has 2 rings (SSSR count). The molecule has 0 aliphatic heterocycles. The lowest BCUT2D eigenvalue weighted by Crippen LogP contribution is -2.22. The van der Waals surface area contributed by atoms with Crippen LogP contribution in [0.2, 0.25) is 0 Å². The van der Waals surface area contributed by atoms with Gasteiger partial charge in [-0.25, -0.2) is 4.79 Å². The van der Waals surface area contributed by atoms with E-state index in [1.165, 1.54) is 11.6 Å². The second kappa shape index (κ2) is 7.09. The Hall–Kier alpha value is -2.07. The third-order valence-electron chi connectivity index (χ3n) is 3.30. The third kappa shape index (κ3) is 4.46. The monoisotopic (exact) mass is 287 g/mol. The van der Waals surface area contributed by atoms with E-state index in [4.69, 9.17) is 9.52 Å². The van der Waals surface area contributed by atoms with Crippen LogP contribution in [0.5, 0.6) is 0 Å². The van der Waals surface area contributed by atoms with Crippen LogP contribution in [-0.4, -0.2) is 11.1 Å². The van der Waals surface area contributed by atoms with E-state index in [9.17, 15) is 4.79 Å². The van der Waals surface area contributed by atoms with Gasteiger partial charge in [-0.2, -0.15) is 0 Å². The number of carboxylic acid groups (broad SMARTS) is 1. The van der Waals surface area contributed by atoms with Crippen LogP contribution >= 0.6 is 0 Å². The fourth-order valence-electron chi connectivity index (χ4n) is 2.31. The first kappa shape index (κ1) is 15.3. The van der Waals surface area contributed by atoms with Crippen molar-refractivity contribution in [3.63, 3.8) is 0 Å². The second-order valence-electron chi connectivity index (χ2n) is 5.54. The van der Waals surface area contributed by atoms with Crippen molar-refractivity contribution in [2.24, 2.45) is 5.92 Å². The summed E-state index contributed by atoms with van der Waals surface area (Å²) in [5.74, 6) is 0.140. The van der Waals surface area contributed by atoms with Crippen LogP contribution in [0.15, 0.2) is 46.9 Å². The van der Waals surface area contributed by atoms with Gasteiger partial charge in [0.1, 0.15) is 5.76 Å². The molecule has 2 aromatic rings. The van der Waals surface area contributed by atoms with Crippen LogP contribution < -0.4 is 5.32 Å². The number of hydrogen-bond acceptors (Lipinski definition) is 3. The van der Waals surface area contributed by atoms with Crippen molar-refractivity contribution >= 4 is 5.97 Å². The van der Waals surface area contributed by atoms with Crippen molar-refractivity contribution in [2.75, 3.05) is 0 Å². The predicted octanol–water partition coefficient (Wildman–Crippen LogP) is 3.85. The van der Waals surface area contributed by atoms with E-state index in [1.54, 1.807) is 6.07 Å². The Morgan fingerprint density at radius 2 is 1.90 bits per heavy atom. The van der Waals surface area contributed by atoms with Crippen molar-refractivity contribution in [3.8, 4) is 0 Å². The summed E-state index contributed by atoms with van der Waals surface area (Å²) in [7, 11) is 0. The normalized spacial score (nSPS) is 12.5. The van der Waals surface area contributed by atoms with E-state index in [1.807, 2.05) is 18.2 Å². The van der Waals surface area contributed by atoms with Crippen LogP contribution in [-0.2, 0) is 6.54 Å². The maximum Gasteiger partial charge on any atom is 0.371 e. The molecule has 0 saturated heterocycles. The third-order valence-corrected chi connectivity index (χ3v) is 3.30. The van der Waals surface area contributed by atoms with Crippen LogP contribution in [0.3, 0.4) is 0 Å². The highest BCUT2D eigenvalue weighted by Crippen LogP contribution is 2.22. The lowest BCUT2D eigenvalue weighted by atomic mass is 9.97. The molecular weight excluding hydrogens is 266 g/mol. The number of carbonyl (C=O) groups is 1. The lowest BCUT2D eigenvalue weighted by molar-refractivity contribution is 0.0660. The molecule has 112 valence electrons. The SMILES string of the molecule is CC(C)CC(NCc1ccc(C(=O)O)o1)c1ccccc1. The highest BCUT2D eigenvalue weighted by Gasteiger charge is 2.14. The average molecular weight is 287 g/mol. The fourth-order valence-corrected chi connectivity index (χ4v) is 2.31. The van der Waals surface area contributed by atoms with Crippen molar-refractivity contribution < 1.29 is 14.3 Å². The summed E-state index contributed by atoms with van der Waals surface area (Å²) in [4.78, 5) is 10.8. The first-order valence-electron chi connectivity index (χ1n) is 7.16. The van der Waals surface area contributed by atoms with Gasteiger partial charge in [-0.1, -0.05) is 44.2 Å². The van der Waals surface area contributed by atoms with Crippen LogP contribution in [0.1, 0.15) is 48.2 Å². The van der Waals surface area contributed by atoms with E-state index in [-0.39, 0.29) is 11.8 Å². The van der Waals surface area contributed by atoms with Gasteiger partial charge in [0.05, 0.1) is 6.54 Å². The Labute approximate surface area is 124 Å². The van der Waals surface area contributed by atoms with Gasteiger partial charge in [-0.15, -0.1) is 0 Å². The number of rotatable bonds is 7. The zero-order valence-electron chi connectivity index (χ0n) is 12.4. The van der Waals surface area contributed by atoms with E-state index < -0.39 is 5.97 Å². The number of hydrogen-bond donors (Lipinski definition) is 2. The van der Waals surface area contributed by atoms with Gasteiger partial charge in [0.25, 0.3) is 0 Å². The summed E-state index contributed by atoms with van der Waals surface area (Å²) in [6.07, 6.45) is 1.01. The molecule has 1 unspecified atom stereocenters. The number of aromatic carboxylic acids is 1. The number of carboxylic acids is 1. The molecule has 0 bridgehead atoms. The van der Waals surface area contributed by atoms with Gasteiger partial charge in [0.15, 0.2) is 0 Å². The molecule has 0 fully saturated rings. The van der Waals surface area contributed by atoms with Crippen molar-refractivity contribution in [1.82, 2.24) is 5.32 Å². The Kier molecular flexibility index (Phi) is 5.17. The number of nitrogens with one attached hydrogen (secondary N) is 1. The fraction of sp³-hybridized carbons (Fsp3) is 0.353. The Bertz CT molecular complexity index is 575. The highest BCUT2D eigenvalue weighted by atomic mass is 16.4. The summed E-state index contributed by atoms with van der Waals surface area (Å²) in [6.45, 7) is 4.89. The summed E-state index contributed by atoms with van der Waals surface area (Å²) < 4.78 is 5.27. The summed E-state index contributed by atoms with van der Waals surface area (Å²) in [5.41, 5.74) is 1.23. The van der Waals surface area contributed by atoms with E-state index >= 15 is 0 Å². The largest absolute Gasteiger partial charge is 0.475 e. The van der Waals surface area contributed by atoms with Crippen molar-refractivity contribution in [1.29, 1.82) is 0 Å². The lowest BCUT2D eigenvalue weighted by Gasteiger charge is -2.20. The zero-order valence-corrected chi connectivity index (χ0v) is 12.4. The van der Waals surface area contributed by atoms with Crippen LogP contribution in [0.4, 0.5) is 0 Å². The van der Waals surface area contributed by atoms with Crippen LogP contribution in [0.25, 0.3) is 0 Å². The maximum absolute atomic E-state index is 10.8. The standard InChI is InChI=1S/C17H21NO3/c1-12(2)10-15(13-6-4-3-5-7-13)18-11-14-8-9-16(21-14)17(19)20/h3-9,12,15,18H,10-11H2,1-2H3,(H,19,20). The van der Waals surface area contributed by atoms with Gasteiger partial charge in [-0.3, -0.25) is 0 Å². The van der Waals surface area contributed by atoms with Gasteiger partial charge in [0, 0.05) is 6.04 Å². The highest BCUT2D eigenvalue weighted by molar-refractivity contribution is 5.84. The molecule has 0 saturated carbocycles. The van der Waals surface area contributed by atoms with Gasteiger partial charge in [-0.05, 0) is 30.0 Å². The topological polar surface area (TPSA) is 62.5 Å². The van der Waals surface area contributed by atoms with Crippen molar-refractivity contribution in [3.05, 3.63) is 59.5 Å². The zero-order chi connectivity index (χ0) is 15.2. The molecule has 1 heterocycles. The quantitative estimate of drug-likeness (QED) is 0.811. The van der Waals surface area contributed by atoms with E-state index in [2.05, 4.69) is 31.3 Å². The molecular formula is C17H21NO3. The maximum atomic E-state index is 10.8. The minimum absolute atomic E-state index is 0.0214. The molecule has 0 radical (unpaired) electrons. The molecule has 4 heteroatoms. The summed E-state index contributed by atoms with van der Waals surface area (Å²) in [6, 6.07) is 13.7. The number of furan rings is 1. The molecule has 2 N–H and O–H groups in total. The minimum atomic E-state index is -1.04. The van der Waals surface area contributed by atoms with E-state index in [0.29, 0.717) is 18.2 Å². The predicted molar refractivity (Wildman–Crippen MR) is 81.1 cm³/mol. The second-order valence-corrected chi connectivity index (χ2v) is 5.54. The smallest absolute Gasteiger partial charge is 0.371 e. The molecule has 4 nitrogen and oxygen atoms in total. The first-order chi connectivity index (χ1) is 10.1. The Morgan fingerprint density at radius 1 is 1.19 bits per heavy atom. The Balaban J connectivity index is 2.03. The molecule has 0 amide bonds. The molecule has 0 aliphatic carbocycles. The first-order valence-corrected chi connectivity index (χ1v) is 7.16. The number of benzene rings is 1. The van der Waals surface area contributed by atoms with Gasteiger partial charge < -0.3 is 14.8 Å². The van der Waals surface area contributed by atoms with Crippen LogP contribution in [0, 0.1) is 5.92 Å². The molecule has 1 aromatic heterocycles. The average Bonchev–Trinajstić information content (AvgIpc) is 2.93. The van der Waals surface area contributed by atoms with Crippen molar-refractivity contribution in [2.45, 2.75) is 32.9 Å². The molecule has 0 spiro atoms. The van der Waals surface area contributed by atoms with E-state index in [0.717, 1.165) is 6.42 Å².